The fourth-order valence-corrected chi connectivity index (χ4v) is 6.12. The van der Waals surface area contributed by atoms with Crippen LogP contribution in [0.15, 0.2) is 87.5 Å². The van der Waals surface area contributed by atoms with Crippen LogP contribution in [0, 0.1) is 6.92 Å². The van der Waals surface area contributed by atoms with Gasteiger partial charge in [0.25, 0.3) is 0 Å². The molecule has 3 N–H and O–H groups in total. The SMILES string of the molecule is Cc1ccc(S(=O)(=O)N[C@H](c2ccccc2S(=O)(=O)[O-])[C@H](N)c2ccccc2S(=O)(=O)[O-])cc1.[Na+].[Na+]. The predicted molar refractivity (Wildman–Crippen MR) is 120 cm³/mol. The van der Waals surface area contributed by atoms with E-state index in [1.165, 1.54) is 48.5 Å². The maximum atomic E-state index is 13.1. The smallest absolute Gasteiger partial charge is 0.744 e. The molecular weight excluding hydrogens is 550 g/mol. The molecule has 0 radical (unpaired) electrons. The topological polar surface area (TPSA) is 187 Å². The van der Waals surface area contributed by atoms with Gasteiger partial charge < -0.3 is 14.8 Å². The Hall–Kier alpha value is -0.650. The van der Waals surface area contributed by atoms with Gasteiger partial charge in [-0.2, -0.15) is 0 Å². The molecule has 0 fully saturated rings. The molecule has 15 heteroatoms. The summed E-state index contributed by atoms with van der Waals surface area (Å²) >= 11 is 0. The summed E-state index contributed by atoms with van der Waals surface area (Å²) in [5, 5.41) is 0. The molecule has 0 aliphatic rings. The van der Waals surface area contributed by atoms with Crippen LogP contribution in [-0.2, 0) is 30.3 Å². The molecule has 0 aromatic heterocycles. The molecule has 182 valence electrons. The van der Waals surface area contributed by atoms with E-state index >= 15 is 0 Å². The first-order valence-corrected chi connectivity index (χ1v) is 14.0. The third kappa shape index (κ3) is 7.93. The number of aryl methyl sites for hydroxylation is 1. The number of rotatable bonds is 8. The average Bonchev–Trinajstić information content (AvgIpc) is 2.76. The van der Waals surface area contributed by atoms with Gasteiger partial charge in [0.2, 0.25) is 10.0 Å². The molecule has 0 spiro atoms. The van der Waals surface area contributed by atoms with Crippen molar-refractivity contribution >= 4 is 30.3 Å². The van der Waals surface area contributed by atoms with Crippen LogP contribution in [0.2, 0.25) is 0 Å². The van der Waals surface area contributed by atoms with Gasteiger partial charge in [-0.05, 0) is 42.3 Å². The van der Waals surface area contributed by atoms with Crippen molar-refractivity contribution in [3.05, 3.63) is 89.5 Å². The van der Waals surface area contributed by atoms with Crippen molar-refractivity contribution in [2.24, 2.45) is 5.73 Å². The normalized spacial score (nSPS) is 13.7. The van der Waals surface area contributed by atoms with E-state index < -0.39 is 52.1 Å². The van der Waals surface area contributed by atoms with E-state index in [0.717, 1.165) is 17.7 Å². The summed E-state index contributed by atoms with van der Waals surface area (Å²) in [6.07, 6.45) is 0. The third-order valence-electron chi connectivity index (χ3n) is 5.04. The van der Waals surface area contributed by atoms with Crippen LogP contribution in [0.25, 0.3) is 0 Å². The van der Waals surface area contributed by atoms with Gasteiger partial charge in [-0.3, -0.25) is 0 Å². The monoisotopic (exact) mass is 570 g/mol. The minimum atomic E-state index is -5.08. The fourth-order valence-electron chi connectivity index (χ4n) is 3.41. The van der Waals surface area contributed by atoms with Crippen molar-refractivity contribution in [3.63, 3.8) is 0 Å². The molecular formula is C21H20N2Na2O8S3. The van der Waals surface area contributed by atoms with Crippen molar-refractivity contribution in [1.29, 1.82) is 0 Å². The van der Waals surface area contributed by atoms with Crippen LogP contribution in [0.5, 0.6) is 0 Å². The summed E-state index contributed by atoms with van der Waals surface area (Å²) in [6, 6.07) is 12.2. The molecule has 3 rings (SSSR count). The molecule has 0 saturated heterocycles. The molecule has 3 aromatic carbocycles. The third-order valence-corrected chi connectivity index (χ3v) is 8.32. The molecule has 0 heterocycles. The molecule has 10 nitrogen and oxygen atoms in total. The Balaban J connectivity index is 0.00000324. The van der Waals surface area contributed by atoms with Crippen LogP contribution in [0.4, 0.5) is 0 Å². The number of hydrogen-bond acceptors (Lipinski definition) is 9. The maximum absolute atomic E-state index is 13.1. The van der Waals surface area contributed by atoms with Gasteiger partial charge in [0.15, 0.2) is 0 Å². The minimum absolute atomic E-state index is 0. The van der Waals surface area contributed by atoms with Crippen molar-refractivity contribution in [3.8, 4) is 0 Å². The Morgan fingerprint density at radius 1 is 0.694 bits per heavy atom. The standard InChI is InChI=1S/C21H22N2O8S3.2Na/c1-14-10-12-15(13-11-14)32(24,25)23-21(17-7-3-5-9-19(17)34(29,30)31)20(22)16-6-2-4-8-18(16)33(26,27)28;;/h2-13,20-21,23H,22H2,1H3,(H,26,27,28)(H,29,30,31);;/q;2*+1/p-2/t20-,21-;;/m1../s1. The van der Waals surface area contributed by atoms with E-state index in [4.69, 9.17) is 5.73 Å². The molecule has 0 unspecified atom stereocenters. The number of nitrogens with one attached hydrogen (secondary N) is 1. The van der Waals surface area contributed by atoms with E-state index in [-0.39, 0.29) is 75.1 Å². The Kier molecular flexibility index (Phi) is 12.0. The van der Waals surface area contributed by atoms with E-state index in [1.54, 1.807) is 19.1 Å². The van der Waals surface area contributed by atoms with Gasteiger partial charge in [0.05, 0.1) is 26.8 Å². The average molecular weight is 571 g/mol. The number of hydrogen-bond donors (Lipinski definition) is 2. The Bertz CT molecular complexity index is 1530. The summed E-state index contributed by atoms with van der Waals surface area (Å²) < 4.78 is 99.6. The van der Waals surface area contributed by atoms with Gasteiger partial charge in [0, 0.05) is 0 Å². The molecule has 0 aliphatic heterocycles. The first kappa shape index (κ1) is 33.4. The van der Waals surface area contributed by atoms with Crippen molar-refractivity contribution < 1.29 is 93.5 Å². The van der Waals surface area contributed by atoms with Gasteiger partial charge in [-0.25, -0.2) is 30.0 Å². The molecule has 0 amide bonds. The molecule has 0 saturated carbocycles. The zero-order chi connectivity index (χ0) is 25.3. The molecule has 36 heavy (non-hydrogen) atoms. The van der Waals surface area contributed by atoms with Crippen molar-refractivity contribution in [2.45, 2.75) is 33.7 Å². The first-order valence-electron chi connectivity index (χ1n) is 9.66. The first-order chi connectivity index (χ1) is 15.7. The summed E-state index contributed by atoms with van der Waals surface area (Å²) in [5.74, 6) is 0. The summed E-state index contributed by atoms with van der Waals surface area (Å²) in [5.41, 5.74) is 6.48. The molecule has 0 aliphatic carbocycles. The summed E-state index contributed by atoms with van der Waals surface area (Å²) in [4.78, 5) is -1.63. The van der Waals surface area contributed by atoms with Crippen LogP contribution >= 0.6 is 0 Å². The molecule has 3 aromatic rings. The number of benzene rings is 3. The van der Waals surface area contributed by atoms with Crippen LogP contribution in [0.1, 0.15) is 28.8 Å². The summed E-state index contributed by atoms with van der Waals surface area (Å²) in [7, 11) is -14.4. The minimum Gasteiger partial charge on any atom is -0.744 e. The zero-order valence-electron chi connectivity index (χ0n) is 19.7. The van der Waals surface area contributed by atoms with E-state index in [0.29, 0.717) is 0 Å². The van der Waals surface area contributed by atoms with Crippen LogP contribution < -0.4 is 69.6 Å². The second-order valence-electron chi connectivity index (χ2n) is 7.42. The Morgan fingerprint density at radius 3 is 1.58 bits per heavy atom. The van der Waals surface area contributed by atoms with Gasteiger partial charge in [-0.1, -0.05) is 54.1 Å². The maximum Gasteiger partial charge on any atom is 1.00 e. The number of nitrogens with two attached hydrogens (primary N) is 1. The zero-order valence-corrected chi connectivity index (χ0v) is 26.1. The Labute approximate surface area is 254 Å². The van der Waals surface area contributed by atoms with Crippen molar-refractivity contribution in [2.75, 3.05) is 0 Å². The van der Waals surface area contributed by atoms with E-state index in [2.05, 4.69) is 4.72 Å². The second-order valence-corrected chi connectivity index (χ2v) is 11.8. The van der Waals surface area contributed by atoms with Crippen molar-refractivity contribution in [1.82, 2.24) is 4.72 Å². The van der Waals surface area contributed by atoms with Gasteiger partial charge in [-0.15, -0.1) is 0 Å². The van der Waals surface area contributed by atoms with Gasteiger partial charge >= 0.3 is 59.1 Å². The van der Waals surface area contributed by atoms with Crippen LogP contribution in [0.3, 0.4) is 0 Å². The molecule has 2 atom stereocenters. The fraction of sp³-hybridized carbons (Fsp3) is 0.143. The second kappa shape index (κ2) is 12.9. The largest absolute Gasteiger partial charge is 1.00 e. The van der Waals surface area contributed by atoms with E-state index in [9.17, 15) is 34.4 Å². The molecule has 0 bridgehead atoms. The van der Waals surface area contributed by atoms with Crippen LogP contribution in [-0.4, -0.2) is 34.4 Å². The number of sulfonamides is 1. The summed E-state index contributed by atoms with van der Waals surface area (Å²) in [6.45, 7) is 1.75. The Morgan fingerprint density at radius 2 is 1.11 bits per heavy atom. The predicted octanol–water partition coefficient (Wildman–Crippen LogP) is -4.47. The van der Waals surface area contributed by atoms with Gasteiger partial charge in [0.1, 0.15) is 20.2 Å². The van der Waals surface area contributed by atoms with E-state index in [1.807, 2.05) is 0 Å². The quantitative estimate of drug-likeness (QED) is 0.199.